The Bertz CT molecular complexity index is 1190. The van der Waals surface area contributed by atoms with Crippen molar-refractivity contribution >= 4 is 34.2 Å². The number of amides is 1. The van der Waals surface area contributed by atoms with Crippen LogP contribution in [0, 0.1) is 13.8 Å². The Hall–Kier alpha value is -3.12. The van der Waals surface area contributed by atoms with E-state index < -0.39 is 0 Å². The second-order valence-corrected chi connectivity index (χ2v) is 8.32. The summed E-state index contributed by atoms with van der Waals surface area (Å²) in [4.78, 5) is 18.1. The van der Waals surface area contributed by atoms with E-state index in [2.05, 4.69) is 34.8 Å². The first-order chi connectivity index (χ1) is 14.5. The van der Waals surface area contributed by atoms with Crippen molar-refractivity contribution in [1.82, 2.24) is 9.55 Å². The highest BCUT2D eigenvalue weighted by atomic mass is 32.1. The van der Waals surface area contributed by atoms with Crippen LogP contribution in [0.25, 0.3) is 11.0 Å². The molecule has 0 atom stereocenters. The standard InChI is InChI=1S/C24H25N3O2S/c1-4-11-27-20-8-6-5-7-19(20)25-24(27)26-23(28)22-13-18(15-30-22)14-29-21-10-9-16(2)12-17(21)3/h5-10,12-13,15H,4,11,14H2,1-3H3,(H,25,26,28). The monoisotopic (exact) mass is 419 g/mol. The highest BCUT2D eigenvalue weighted by Crippen LogP contribution is 2.24. The number of nitrogens with one attached hydrogen (secondary N) is 1. The first-order valence-corrected chi connectivity index (χ1v) is 11.0. The second kappa shape index (κ2) is 8.71. The number of hydrogen-bond acceptors (Lipinski definition) is 4. The first kappa shape index (κ1) is 20.2. The van der Waals surface area contributed by atoms with E-state index in [1.165, 1.54) is 16.9 Å². The van der Waals surface area contributed by atoms with Crippen molar-refractivity contribution in [2.24, 2.45) is 0 Å². The van der Waals surface area contributed by atoms with E-state index in [0.717, 1.165) is 40.9 Å². The molecule has 0 saturated carbocycles. The van der Waals surface area contributed by atoms with Crippen LogP contribution in [0.5, 0.6) is 5.75 Å². The van der Waals surface area contributed by atoms with Gasteiger partial charge < -0.3 is 9.30 Å². The molecule has 0 unspecified atom stereocenters. The lowest BCUT2D eigenvalue weighted by atomic mass is 10.1. The van der Waals surface area contributed by atoms with Crippen LogP contribution in [0.15, 0.2) is 53.9 Å². The van der Waals surface area contributed by atoms with Gasteiger partial charge >= 0.3 is 0 Å². The molecule has 2 aromatic heterocycles. The molecular formula is C24H25N3O2S. The minimum absolute atomic E-state index is 0.148. The van der Waals surface area contributed by atoms with Gasteiger partial charge in [0.1, 0.15) is 12.4 Å². The van der Waals surface area contributed by atoms with Crippen LogP contribution in [0.2, 0.25) is 0 Å². The van der Waals surface area contributed by atoms with Gasteiger partial charge in [0.05, 0.1) is 15.9 Å². The average molecular weight is 420 g/mol. The molecule has 0 aliphatic heterocycles. The topological polar surface area (TPSA) is 56.2 Å². The lowest BCUT2D eigenvalue weighted by Gasteiger charge is -2.09. The van der Waals surface area contributed by atoms with Gasteiger partial charge in [0, 0.05) is 12.1 Å². The summed E-state index contributed by atoms with van der Waals surface area (Å²) in [6, 6.07) is 16.0. The van der Waals surface area contributed by atoms with Crippen LogP contribution in [-0.2, 0) is 13.2 Å². The summed E-state index contributed by atoms with van der Waals surface area (Å²) >= 11 is 1.42. The highest BCUT2D eigenvalue weighted by molar-refractivity contribution is 7.12. The summed E-state index contributed by atoms with van der Waals surface area (Å²) < 4.78 is 8.00. The maximum Gasteiger partial charge on any atom is 0.268 e. The molecule has 5 nitrogen and oxygen atoms in total. The number of hydrogen-bond donors (Lipinski definition) is 1. The summed E-state index contributed by atoms with van der Waals surface area (Å²) in [6.45, 7) is 7.45. The van der Waals surface area contributed by atoms with E-state index in [-0.39, 0.29) is 5.91 Å². The minimum Gasteiger partial charge on any atom is -0.489 e. The van der Waals surface area contributed by atoms with Crippen molar-refractivity contribution < 1.29 is 9.53 Å². The summed E-state index contributed by atoms with van der Waals surface area (Å²) in [5, 5.41) is 4.95. The number of carbonyl (C=O) groups is 1. The molecule has 2 aromatic carbocycles. The van der Waals surface area contributed by atoms with Crippen LogP contribution in [0.3, 0.4) is 0 Å². The Morgan fingerprint density at radius 3 is 2.80 bits per heavy atom. The number of aryl methyl sites for hydroxylation is 3. The Labute approximate surface area is 180 Å². The van der Waals surface area contributed by atoms with Gasteiger partial charge in [-0.3, -0.25) is 10.1 Å². The zero-order valence-corrected chi connectivity index (χ0v) is 18.3. The molecule has 2 heterocycles. The van der Waals surface area contributed by atoms with Crippen molar-refractivity contribution in [3.63, 3.8) is 0 Å². The SMILES string of the molecule is CCCn1c(NC(=O)c2cc(COc3ccc(C)cc3C)cs2)nc2ccccc21. The van der Waals surface area contributed by atoms with Crippen molar-refractivity contribution in [3.05, 3.63) is 75.5 Å². The third kappa shape index (κ3) is 4.24. The zero-order chi connectivity index (χ0) is 21.1. The Kier molecular flexibility index (Phi) is 5.86. The maximum absolute atomic E-state index is 12.8. The number of aromatic nitrogens is 2. The third-order valence-corrected chi connectivity index (χ3v) is 5.91. The van der Waals surface area contributed by atoms with E-state index in [9.17, 15) is 4.79 Å². The number of imidazole rings is 1. The number of carbonyl (C=O) groups excluding carboxylic acids is 1. The third-order valence-electron chi connectivity index (χ3n) is 4.93. The Balaban J connectivity index is 1.47. The van der Waals surface area contributed by atoms with Crippen LogP contribution in [0.4, 0.5) is 5.95 Å². The normalized spacial score (nSPS) is 11.0. The van der Waals surface area contributed by atoms with Crippen molar-refractivity contribution in [2.45, 2.75) is 40.3 Å². The first-order valence-electron chi connectivity index (χ1n) is 10.1. The maximum atomic E-state index is 12.8. The number of fused-ring (bicyclic) bond motifs is 1. The molecule has 0 radical (unpaired) electrons. The molecule has 0 saturated heterocycles. The van der Waals surface area contributed by atoms with Crippen LogP contribution in [-0.4, -0.2) is 15.5 Å². The van der Waals surface area contributed by atoms with E-state index in [1.54, 1.807) is 0 Å². The number of para-hydroxylation sites is 2. The summed E-state index contributed by atoms with van der Waals surface area (Å²) in [5.74, 6) is 1.31. The summed E-state index contributed by atoms with van der Waals surface area (Å²) in [7, 11) is 0. The number of benzene rings is 2. The molecule has 0 aliphatic carbocycles. The fourth-order valence-corrected chi connectivity index (χ4v) is 4.27. The number of thiophene rings is 1. The van der Waals surface area contributed by atoms with Crippen molar-refractivity contribution in [2.75, 3.05) is 5.32 Å². The minimum atomic E-state index is -0.148. The molecule has 1 amide bonds. The molecule has 4 rings (SSSR count). The molecule has 1 N–H and O–H groups in total. The van der Waals surface area contributed by atoms with E-state index >= 15 is 0 Å². The van der Waals surface area contributed by atoms with Gasteiger partial charge in [-0.1, -0.05) is 36.8 Å². The summed E-state index contributed by atoms with van der Waals surface area (Å²) in [5.41, 5.74) is 5.21. The predicted molar refractivity (Wildman–Crippen MR) is 123 cm³/mol. The van der Waals surface area contributed by atoms with Gasteiger partial charge in [0.15, 0.2) is 0 Å². The molecule has 0 fully saturated rings. The largest absolute Gasteiger partial charge is 0.489 e. The molecule has 30 heavy (non-hydrogen) atoms. The molecule has 4 aromatic rings. The van der Waals surface area contributed by atoms with Crippen LogP contribution < -0.4 is 10.1 Å². The number of rotatable bonds is 7. The molecule has 154 valence electrons. The molecule has 0 bridgehead atoms. The van der Waals surface area contributed by atoms with Crippen LogP contribution >= 0.6 is 11.3 Å². The summed E-state index contributed by atoms with van der Waals surface area (Å²) in [6.07, 6.45) is 0.960. The van der Waals surface area contributed by atoms with E-state index in [0.29, 0.717) is 17.4 Å². The predicted octanol–water partition coefficient (Wildman–Crippen LogP) is 5.96. The Morgan fingerprint density at radius 2 is 2.00 bits per heavy atom. The molecular weight excluding hydrogens is 394 g/mol. The molecule has 0 spiro atoms. The quantitative estimate of drug-likeness (QED) is 0.402. The number of anilines is 1. The zero-order valence-electron chi connectivity index (χ0n) is 17.4. The highest BCUT2D eigenvalue weighted by Gasteiger charge is 2.15. The van der Waals surface area contributed by atoms with Gasteiger partial charge in [-0.25, -0.2) is 4.98 Å². The average Bonchev–Trinajstić information content (AvgIpc) is 3.33. The van der Waals surface area contributed by atoms with Gasteiger partial charge in [0.2, 0.25) is 5.95 Å². The van der Waals surface area contributed by atoms with Gasteiger partial charge in [-0.15, -0.1) is 11.3 Å². The fraction of sp³-hybridized carbons (Fsp3) is 0.250. The lowest BCUT2D eigenvalue weighted by molar-refractivity contribution is 0.102. The number of nitrogens with zero attached hydrogens (tertiary/aromatic N) is 2. The molecule has 0 aliphatic rings. The smallest absolute Gasteiger partial charge is 0.268 e. The fourth-order valence-electron chi connectivity index (χ4n) is 3.48. The van der Waals surface area contributed by atoms with Crippen molar-refractivity contribution in [3.8, 4) is 5.75 Å². The van der Waals surface area contributed by atoms with Crippen molar-refractivity contribution in [1.29, 1.82) is 0 Å². The van der Waals surface area contributed by atoms with Gasteiger partial charge in [-0.05, 0) is 55.5 Å². The Morgan fingerprint density at radius 1 is 1.17 bits per heavy atom. The second-order valence-electron chi connectivity index (χ2n) is 7.41. The number of ether oxygens (including phenoxy) is 1. The van der Waals surface area contributed by atoms with Gasteiger partial charge in [0.25, 0.3) is 5.91 Å². The van der Waals surface area contributed by atoms with Crippen LogP contribution in [0.1, 0.15) is 39.7 Å². The van der Waals surface area contributed by atoms with E-state index in [1.807, 2.05) is 54.8 Å². The van der Waals surface area contributed by atoms with E-state index in [4.69, 9.17) is 4.74 Å². The lowest BCUT2D eigenvalue weighted by Crippen LogP contribution is -2.15. The van der Waals surface area contributed by atoms with Gasteiger partial charge in [-0.2, -0.15) is 0 Å². The molecule has 6 heteroatoms.